The van der Waals surface area contributed by atoms with Crippen LogP contribution in [-0.4, -0.2) is 41.1 Å². The number of nitrogens with zero attached hydrogens (tertiary/aromatic N) is 3. The van der Waals surface area contributed by atoms with Gasteiger partial charge in [0, 0.05) is 30.6 Å². The Morgan fingerprint density at radius 2 is 1.80 bits per heavy atom. The first-order valence-electron chi connectivity index (χ1n) is 10.1. The van der Waals surface area contributed by atoms with Gasteiger partial charge in [0.1, 0.15) is 5.75 Å². The second kappa shape index (κ2) is 8.95. The minimum atomic E-state index is 0.0233. The average Bonchev–Trinajstić information content (AvgIpc) is 3.29. The molecule has 0 radical (unpaired) electrons. The summed E-state index contributed by atoms with van der Waals surface area (Å²) in [6.07, 6.45) is 5.10. The van der Waals surface area contributed by atoms with Gasteiger partial charge >= 0.3 is 0 Å². The van der Waals surface area contributed by atoms with Crippen molar-refractivity contribution in [3.8, 4) is 17.1 Å². The summed E-state index contributed by atoms with van der Waals surface area (Å²) in [6.45, 7) is 3.41. The number of carbonyl (C=O) groups is 1. The van der Waals surface area contributed by atoms with Crippen molar-refractivity contribution in [2.45, 2.75) is 25.7 Å². The molecule has 6 heteroatoms. The second-order valence-electron chi connectivity index (χ2n) is 7.53. The molecule has 2 aromatic carbocycles. The number of likely N-dealkylation sites (tertiary alicyclic amines) is 1. The Morgan fingerprint density at radius 3 is 2.47 bits per heavy atom. The van der Waals surface area contributed by atoms with Gasteiger partial charge in [-0.1, -0.05) is 47.1 Å². The Labute approximate surface area is 176 Å². The van der Waals surface area contributed by atoms with Crippen molar-refractivity contribution in [2.24, 2.45) is 0 Å². The van der Waals surface area contributed by atoms with Gasteiger partial charge in [0.25, 0.3) is 0 Å². The fraction of sp³-hybridized carbons (Fsp3) is 0.292. The number of methoxy groups -OCH3 is 1. The largest absolute Gasteiger partial charge is 0.497 e. The molecular formula is C24H25N3O3. The monoisotopic (exact) mass is 403 g/mol. The number of ether oxygens (including phenoxy) is 1. The van der Waals surface area contributed by atoms with Crippen LogP contribution in [0, 0.1) is 6.92 Å². The summed E-state index contributed by atoms with van der Waals surface area (Å²) in [4.78, 5) is 19.0. The highest BCUT2D eigenvalue weighted by atomic mass is 16.5. The number of aryl methyl sites for hydroxylation is 1. The highest BCUT2D eigenvalue weighted by molar-refractivity contribution is 5.91. The maximum Gasteiger partial charge on any atom is 0.246 e. The van der Waals surface area contributed by atoms with E-state index in [1.54, 1.807) is 13.2 Å². The van der Waals surface area contributed by atoms with Crippen LogP contribution in [0.25, 0.3) is 17.5 Å². The molecule has 2 heterocycles. The molecule has 0 aliphatic carbocycles. The van der Waals surface area contributed by atoms with E-state index in [1.165, 1.54) is 5.56 Å². The molecule has 0 atom stereocenters. The van der Waals surface area contributed by atoms with E-state index in [-0.39, 0.29) is 11.8 Å². The lowest BCUT2D eigenvalue weighted by atomic mass is 9.96. The Hall–Kier alpha value is -3.41. The standard InChI is InChI=1S/C24H25N3O3/c1-17-3-8-19(9-4-17)23-25-24(30-26-23)20-13-15-27(16-14-20)22(28)12-7-18-5-10-21(29-2)11-6-18/h3-12,20H,13-16H2,1-2H3. The molecule has 6 nitrogen and oxygen atoms in total. The van der Waals surface area contributed by atoms with Crippen LogP contribution in [0.1, 0.15) is 35.8 Å². The van der Waals surface area contributed by atoms with Crippen LogP contribution in [0.4, 0.5) is 0 Å². The third-order valence-electron chi connectivity index (χ3n) is 5.44. The van der Waals surface area contributed by atoms with Crippen molar-refractivity contribution in [3.05, 3.63) is 71.6 Å². The van der Waals surface area contributed by atoms with E-state index in [9.17, 15) is 4.79 Å². The molecule has 0 saturated carbocycles. The molecule has 0 unspecified atom stereocenters. The lowest BCUT2D eigenvalue weighted by molar-refractivity contribution is -0.127. The molecule has 1 amide bonds. The first kappa shape index (κ1) is 19.9. The number of aromatic nitrogens is 2. The van der Waals surface area contributed by atoms with Crippen LogP contribution in [0.2, 0.25) is 0 Å². The predicted octanol–water partition coefficient (Wildman–Crippen LogP) is 4.47. The van der Waals surface area contributed by atoms with Crippen LogP contribution >= 0.6 is 0 Å². The lowest BCUT2D eigenvalue weighted by Crippen LogP contribution is -2.36. The molecule has 1 aliphatic heterocycles. The maximum absolute atomic E-state index is 12.5. The average molecular weight is 403 g/mol. The zero-order chi connectivity index (χ0) is 20.9. The predicted molar refractivity (Wildman–Crippen MR) is 115 cm³/mol. The number of piperidine rings is 1. The van der Waals surface area contributed by atoms with E-state index >= 15 is 0 Å². The first-order chi connectivity index (χ1) is 14.6. The molecule has 0 spiro atoms. The maximum atomic E-state index is 12.5. The molecule has 30 heavy (non-hydrogen) atoms. The van der Waals surface area contributed by atoms with E-state index < -0.39 is 0 Å². The van der Waals surface area contributed by atoms with Gasteiger partial charge in [-0.2, -0.15) is 4.98 Å². The summed E-state index contributed by atoms with van der Waals surface area (Å²) in [6, 6.07) is 15.7. The Balaban J connectivity index is 1.32. The van der Waals surface area contributed by atoms with Crippen molar-refractivity contribution in [3.63, 3.8) is 0 Å². The number of hydrogen-bond donors (Lipinski definition) is 0. The molecule has 1 saturated heterocycles. The zero-order valence-corrected chi connectivity index (χ0v) is 17.2. The van der Waals surface area contributed by atoms with Crippen molar-refractivity contribution in [1.82, 2.24) is 15.0 Å². The molecule has 4 rings (SSSR count). The quantitative estimate of drug-likeness (QED) is 0.588. The van der Waals surface area contributed by atoms with Crippen molar-refractivity contribution < 1.29 is 14.1 Å². The highest BCUT2D eigenvalue weighted by Crippen LogP contribution is 2.28. The van der Waals surface area contributed by atoms with Gasteiger partial charge < -0.3 is 14.2 Å². The van der Waals surface area contributed by atoms with Crippen molar-refractivity contribution in [1.29, 1.82) is 0 Å². The van der Waals surface area contributed by atoms with Gasteiger partial charge in [-0.25, -0.2) is 0 Å². The van der Waals surface area contributed by atoms with E-state index in [0.29, 0.717) is 24.8 Å². The number of rotatable bonds is 5. The van der Waals surface area contributed by atoms with Gasteiger partial charge in [0.05, 0.1) is 7.11 Å². The number of benzene rings is 2. The Morgan fingerprint density at radius 1 is 1.10 bits per heavy atom. The molecule has 1 fully saturated rings. The van der Waals surface area contributed by atoms with Crippen LogP contribution in [0.5, 0.6) is 5.75 Å². The van der Waals surface area contributed by atoms with E-state index in [4.69, 9.17) is 9.26 Å². The topological polar surface area (TPSA) is 68.5 Å². The summed E-state index contributed by atoms with van der Waals surface area (Å²) in [5.74, 6) is 2.28. The number of carbonyl (C=O) groups excluding carboxylic acids is 1. The van der Waals surface area contributed by atoms with E-state index in [2.05, 4.69) is 10.1 Å². The smallest absolute Gasteiger partial charge is 0.246 e. The molecule has 0 N–H and O–H groups in total. The van der Waals surface area contributed by atoms with Gasteiger partial charge in [-0.3, -0.25) is 4.79 Å². The van der Waals surface area contributed by atoms with Gasteiger partial charge in [0.2, 0.25) is 17.6 Å². The first-order valence-corrected chi connectivity index (χ1v) is 10.1. The number of hydrogen-bond acceptors (Lipinski definition) is 5. The Kier molecular flexibility index (Phi) is 5.93. The fourth-order valence-corrected chi connectivity index (χ4v) is 3.56. The fourth-order valence-electron chi connectivity index (χ4n) is 3.56. The van der Waals surface area contributed by atoms with Crippen LogP contribution in [-0.2, 0) is 4.79 Å². The summed E-state index contributed by atoms with van der Waals surface area (Å²) < 4.78 is 10.7. The van der Waals surface area contributed by atoms with Crippen LogP contribution in [0.3, 0.4) is 0 Å². The summed E-state index contributed by atoms with van der Waals surface area (Å²) in [7, 11) is 1.63. The molecular weight excluding hydrogens is 378 g/mol. The lowest BCUT2D eigenvalue weighted by Gasteiger charge is -2.29. The van der Waals surface area contributed by atoms with E-state index in [1.807, 2.05) is 66.4 Å². The van der Waals surface area contributed by atoms with E-state index in [0.717, 1.165) is 29.7 Å². The molecule has 154 valence electrons. The zero-order valence-electron chi connectivity index (χ0n) is 17.2. The third-order valence-corrected chi connectivity index (χ3v) is 5.44. The summed E-state index contributed by atoms with van der Waals surface area (Å²) in [5, 5.41) is 4.13. The Bertz CT molecular complexity index is 1010. The SMILES string of the molecule is COc1ccc(C=CC(=O)N2CCC(c3nc(-c4ccc(C)cc4)no3)CC2)cc1. The summed E-state index contributed by atoms with van der Waals surface area (Å²) >= 11 is 0. The number of amides is 1. The van der Waals surface area contributed by atoms with Crippen molar-refractivity contribution in [2.75, 3.05) is 20.2 Å². The normalized spacial score (nSPS) is 14.9. The van der Waals surface area contributed by atoms with Gasteiger partial charge in [0.15, 0.2) is 0 Å². The van der Waals surface area contributed by atoms with Gasteiger partial charge in [-0.05, 0) is 43.5 Å². The minimum Gasteiger partial charge on any atom is -0.497 e. The van der Waals surface area contributed by atoms with Crippen molar-refractivity contribution >= 4 is 12.0 Å². The second-order valence-corrected chi connectivity index (χ2v) is 7.53. The van der Waals surface area contributed by atoms with Crippen LogP contribution < -0.4 is 4.74 Å². The molecule has 1 aromatic heterocycles. The molecule has 1 aliphatic rings. The highest BCUT2D eigenvalue weighted by Gasteiger charge is 2.27. The molecule has 0 bridgehead atoms. The van der Waals surface area contributed by atoms with Crippen LogP contribution in [0.15, 0.2) is 59.1 Å². The molecule has 3 aromatic rings. The minimum absolute atomic E-state index is 0.0233. The summed E-state index contributed by atoms with van der Waals surface area (Å²) in [5.41, 5.74) is 3.11. The van der Waals surface area contributed by atoms with Gasteiger partial charge in [-0.15, -0.1) is 0 Å². The third kappa shape index (κ3) is 4.59.